The molecule has 0 saturated carbocycles. The van der Waals surface area contributed by atoms with Crippen molar-refractivity contribution in [2.24, 2.45) is 5.73 Å². The average Bonchev–Trinajstić information content (AvgIpc) is 2.67. The highest BCUT2D eigenvalue weighted by atomic mass is 35.5. The lowest BCUT2D eigenvalue weighted by molar-refractivity contribution is -0.122. The fourth-order valence-corrected chi connectivity index (χ4v) is 3.55. The van der Waals surface area contributed by atoms with Crippen LogP contribution in [-0.4, -0.2) is 40.6 Å². The number of halogens is 1. The third-order valence-corrected chi connectivity index (χ3v) is 5.37. The van der Waals surface area contributed by atoms with Crippen molar-refractivity contribution < 1.29 is 17.9 Å². The lowest BCUT2D eigenvalue weighted by Crippen LogP contribution is -2.41. The first-order valence-corrected chi connectivity index (χ1v) is 10.1. The molecule has 9 heteroatoms. The van der Waals surface area contributed by atoms with E-state index in [1.165, 1.54) is 19.2 Å². The van der Waals surface area contributed by atoms with Crippen molar-refractivity contribution in [3.8, 4) is 0 Å². The number of nitrogens with one attached hydrogen (secondary N) is 2. The van der Waals surface area contributed by atoms with Gasteiger partial charge in [-0.05, 0) is 29.7 Å². The number of amides is 1. The van der Waals surface area contributed by atoms with Gasteiger partial charge in [-0.15, -0.1) is 12.4 Å². The predicted octanol–water partition coefficient (Wildman–Crippen LogP) is 1.22. The van der Waals surface area contributed by atoms with E-state index in [1.807, 2.05) is 30.3 Å². The fourth-order valence-electron chi connectivity index (χ4n) is 2.47. The van der Waals surface area contributed by atoms with Crippen LogP contribution >= 0.6 is 12.4 Å². The Hall–Kier alpha value is -1.97. The SMILES string of the molecule is COCCNS(=O)(=O)c1cccc(CNC(=O)[C@@H](N)Cc2ccccc2)c1.Cl. The molecule has 2 rings (SSSR count). The van der Waals surface area contributed by atoms with Gasteiger partial charge in [-0.25, -0.2) is 13.1 Å². The van der Waals surface area contributed by atoms with E-state index >= 15 is 0 Å². The van der Waals surface area contributed by atoms with E-state index in [1.54, 1.807) is 12.1 Å². The molecule has 0 radical (unpaired) electrons. The van der Waals surface area contributed by atoms with Gasteiger partial charge in [0.05, 0.1) is 17.5 Å². The number of carbonyl (C=O) groups excluding carboxylic acids is 1. The number of rotatable bonds is 10. The third-order valence-electron chi connectivity index (χ3n) is 3.91. The Morgan fingerprint density at radius 3 is 2.46 bits per heavy atom. The minimum atomic E-state index is -3.62. The molecule has 0 aliphatic carbocycles. The smallest absolute Gasteiger partial charge is 0.240 e. The van der Waals surface area contributed by atoms with Crippen LogP contribution in [-0.2, 0) is 32.5 Å². The predicted molar refractivity (Wildman–Crippen MR) is 111 cm³/mol. The number of sulfonamides is 1. The number of hydrogen-bond acceptors (Lipinski definition) is 5. The summed E-state index contributed by atoms with van der Waals surface area (Å²) in [5, 5.41) is 2.75. The summed E-state index contributed by atoms with van der Waals surface area (Å²) in [6.07, 6.45) is 0.435. The summed E-state index contributed by atoms with van der Waals surface area (Å²) in [5.41, 5.74) is 7.60. The van der Waals surface area contributed by atoms with E-state index in [-0.39, 0.29) is 42.9 Å². The maximum absolute atomic E-state index is 12.2. The van der Waals surface area contributed by atoms with Crippen LogP contribution in [0.4, 0.5) is 0 Å². The van der Waals surface area contributed by atoms with Gasteiger partial charge < -0.3 is 15.8 Å². The van der Waals surface area contributed by atoms with Crippen LogP contribution in [0, 0.1) is 0 Å². The normalized spacial score (nSPS) is 12.1. The molecular weight excluding hydrogens is 402 g/mol. The quantitative estimate of drug-likeness (QED) is 0.494. The van der Waals surface area contributed by atoms with Gasteiger partial charge in [0.2, 0.25) is 15.9 Å². The van der Waals surface area contributed by atoms with E-state index in [4.69, 9.17) is 10.5 Å². The maximum Gasteiger partial charge on any atom is 0.240 e. The molecule has 7 nitrogen and oxygen atoms in total. The van der Waals surface area contributed by atoms with Gasteiger partial charge in [-0.2, -0.15) is 0 Å². The average molecular weight is 428 g/mol. The summed E-state index contributed by atoms with van der Waals surface area (Å²) in [5.74, 6) is -0.287. The summed E-state index contributed by atoms with van der Waals surface area (Å²) in [7, 11) is -2.12. The van der Waals surface area contributed by atoms with E-state index in [0.29, 0.717) is 12.0 Å². The van der Waals surface area contributed by atoms with Crippen LogP contribution in [0.15, 0.2) is 59.5 Å². The van der Waals surface area contributed by atoms with Gasteiger partial charge in [-0.3, -0.25) is 4.79 Å². The van der Waals surface area contributed by atoms with Gasteiger partial charge in [0.25, 0.3) is 0 Å². The van der Waals surface area contributed by atoms with Crippen LogP contribution in [0.1, 0.15) is 11.1 Å². The second kappa shape index (κ2) is 11.8. The Labute approximate surface area is 172 Å². The Morgan fingerprint density at radius 2 is 1.79 bits per heavy atom. The molecule has 154 valence electrons. The van der Waals surface area contributed by atoms with Crippen LogP contribution in [0.3, 0.4) is 0 Å². The van der Waals surface area contributed by atoms with Crippen molar-refractivity contribution in [1.29, 1.82) is 0 Å². The Balaban J connectivity index is 0.00000392. The zero-order valence-corrected chi connectivity index (χ0v) is 17.3. The van der Waals surface area contributed by atoms with Gasteiger partial charge in [0, 0.05) is 20.2 Å². The van der Waals surface area contributed by atoms with Crippen LogP contribution in [0.5, 0.6) is 0 Å². The summed E-state index contributed by atoms with van der Waals surface area (Å²) >= 11 is 0. The molecule has 2 aromatic carbocycles. The van der Waals surface area contributed by atoms with Gasteiger partial charge in [0.15, 0.2) is 0 Å². The summed E-state index contributed by atoms with van der Waals surface area (Å²) in [6, 6.07) is 15.3. The first-order chi connectivity index (χ1) is 12.9. The summed E-state index contributed by atoms with van der Waals surface area (Å²) < 4.78 is 31.8. The molecular formula is C19H26ClN3O4S. The van der Waals surface area contributed by atoms with Crippen molar-refractivity contribution in [2.45, 2.75) is 23.9 Å². The number of carbonyl (C=O) groups is 1. The number of methoxy groups -OCH3 is 1. The van der Waals surface area contributed by atoms with Crippen LogP contribution in [0.2, 0.25) is 0 Å². The van der Waals surface area contributed by atoms with E-state index < -0.39 is 16.1 Å². The zero-order chi connectivity index (χ0) is 19.7. The first kappa shape index (κ1) is 24.1. The molecule has 4 N–H and O–H groups in total. The third kappa shape index (κ3) is 7.57. The highest BCUT2D eigenvalue weighted by Crippen LogP contribution is 2.11. The largest absolute Gasteiger partial charge is 0.383 e. The molecule has 0 bridgehead atoms. The minimum absolute atomic E-state index is 0. The molecule has 0 unspecified atom stereocenters. The molecule has 0 aliphatic heterocycles. The molecule has 1 atom stereocenters. The zero-order valence-electron chi connectivity index (χ0n) is 15.6. The molecule has 0 heterocycles. The van der Waals surface area contributed by atoms with E-state index in [0.717, 1.165) is 5.56 Å². The summed E-state index contributed by atoms with van der Waals surface area (Å²) in [4.78, 5) is 12.3. The first-order valence-electron chi connectivity index (χ1n) is 8.57. The second-order valence-electron chi connectivity index (χ2n) is 6.05. The van der Waals surface area contributed by atoms with Gasteiger partial charge in [-0.1, -0.05) is 42.5 Å². The number of hydrogen-bond donors (Lipinski definition) is 3. The monoisotopic (exact) mass is 427 g/mol. The second-order valence-corrected chi connectivity index (χ2v) is 7.82. The van der Waals surface area contributed by atoms with Crippen molar-refractivity contribution in [3.63, 3.8) is 0 Å². The Bertz CT molecular complexity index is 847. The minimum Gasteiger partial charge on any atom is -0.383 e. The lowest BCUT2D eigenvalue weighted by Gasteiger charge is -2.13. The molecule has 0 saturated heterocycles. The molecule has 0 aliphatic rings. The Kier molecular flexibility index (Phi) is 10.1. The number of nitrogens with two attached hydrogens (primary N) is 1. The number of ether oxygens (including phenoxy) is 1. The maximum atomic E-state index is 12.2. The van der Waals surface area contributed by atoms with E-state index in [9.17, 15) is 13.2 Å². The van der Waals surface area contributed by atoms with Crippen LogP contribution < -0.4 is 15.8 Å². The number of benzene rings is 2. The molecule has 0 aromatic heterocycles. The summed E-state index contributed by atoms with van der Waals surface area (Å²) in [6.45, 7) is 0.672. The van der Waals surface area contributed by atoms with Gasteiger partial charge >= 0.3 is 0 Å². The molecule has 0 spiro atoms. The molecule has 1 amide bonds. The van der Waals surface area contributed by atoms with Crippen molar-refractivity contribution in [1.82, 2.24) is 10.0 Å². The van der Waals surface area contributed by atoms with Crippen molar-refractivity contribution in [2.75, 3.05) is 20.3 Å². The van der Waals surface area contributed by atoms with E-state index in [2.05, 4.69) is 10.0 Å². The standard InChI is InChI=1S/C19H25N3O4S.ClH/c1-26-11-10-22-27(24,25)17-9-5-8-16(12-17)14-21-19(23)18(20)13-15-6-3-2-4-7-15;/h2-9,12,18,22H,10-11,13-14,20H2,1H3,(H,21,23);1H/t18-;/m0./s1. The van der Waals surface area contributed by atoms with Gasteiger partial charge in [0.1, 0.15) is 0 Å². The molecule has 2 aromatic rings. The molecule has 0 fully saturated rings. The highest BCUT2D eigenvalue weighted by molar-refractivity contribution is 7.89. The van der Waals surface area contributed by atoms with Crippen LogP contribution in [0.25, 0.3) is 0 Å². The molecule has 28 heavy (non-hydrogen) atoms. The highest BCUT2D eigenvalue weighted by Gasteiger charge is 2.16. The van der Waals surface area contributed by atoms with Crippen molar-refractivity contribution in [3.05, 3.63) is 65.7 Å². The van der Waals surface area contributed by atoms with Crippen molar-refractivity contribution >= 4 is 28.3 Å². The Morgan fingerprint density at radius 1 is 1.11 bits per heavy atom. The topological polar surface area (TPSA) is 111 Å². The lowest BCUT2D eigenvalue weighted by atomic mass is 10.1. The fraction of sp³-hybridized carbons (Fsp3) is 0.316.